The SMILES string of the molecule is CC(C)c1cnc(-c2ccc(NC(=O)NC3CCCCC3O)cc2)o1. The molecule has 1 aliphatic rings. The fourth-order valence-corrected chi connectivity index (χ4v) is 3.00. The minimum atomic E-state index is -0.456. The van der Waals surface area contributed by atoms with Gasteiger partial charge in [0.25, 0.3) is 0 Å². The number of benzene rings is 1. The molecule has 0 spiro atoms. The fraction of sp³-hybridized carbons (Fsp3) is 0.474. The van der Waals surface area contributed by atoms with Crippen molar-refractivity contribution in [3.05, 3.63) is 36.2 Å². The first-order chi connectivity index (χ1) is 12.0. The lowest BCUT2D eigenvalue weighted by molar-refractivity contribution is 0.0955. The third-order valence-electron chi connectivity index (χ3n) is 4.53. The quantitative estimate of drug-likeness (QED) is 0.786. The Labute approximate surface area is 147 Å². The number of carbonyl (C=O) groups excluding carboxylic acids is 1. The van der Waals surface area contributed by atoms with Crippen molar-refractivity contribution in [2.45, 2.75) is 57.6 Å². The molecular weight excluding hydrogens is 318 g/mol. The smallest absolute Gasteiger partial charge is 0.319 e. The predicted molar refractivity (Wildman–Crippen MR) is 96.4 cm³/mol. The molecule has 134 valence electrons. The van der Waals surface area contributed by atoms with Crippen LogP contribution in [0.5, 0.6) is 0 Å². The van der Waals surface area contributed by atoms with Gasteiger partial charge in [0.2, 0.25) is 5.89 Å². The second kappa shape index (κ2) is 7.70. The number of urea groups is 1. The first-order valence-corrected chi connectivity index (χ1v) is 8.84. The number of aromatic nitrogens is 1. The molecule has 2 aromatic rings. The van der Waals surface area contributed by atoms with Gasteiger partial charge in [0.15, 0.2) is 0 Å². The third-order valence-corrected chi connectivity index (χ3v) is 4.53. The molecule has 1 aromatic heterocycles. The van der Waals surface area contributed by atoms with Crippen molar-refractivity contribution in [2.24, 2.45) is 0 Å². The standard InChI is InChI=1S/C19H25N3O3/c1-12(2)17-11-20-18(25-17)13-7-9-14(10-8-13)21-19(24)22-15-5-3-4-6-16(15)23/h7-12,15-16,23H,3-6H2,1-2H3,(H2,21,22,24). The van der Waals surface area contributed by atoms with Gasteiger partial charge in [-0.1, -0.05) is 26.7 Å². The molecule has 1 fully saturated rings. The number of carbonyl (C=O) groups is 1. The Balaban J connectivity index is 1.59. The van der Waals surface area contributed by atoms with E-state index in [0.29, 0.717) is 17.5 Å². The van der Waals surface area contributed by atoms with Gasteiger partial charge in [-0.3, -0.25) is 0 Å². The molecule has 25 heavy (non-hydrogen) atoms. The van der Waals surface area contributed by atoms with Crippen LogP contribution in [0.25, 0.3) is 11.5 Å². The Morgan fingerprint density at radius 3 is 2.60 bits per heavy atom. The molecule has 0 saturated heterocycles. The van der Waals surface area contributed by atoms with Crippen molar-refractivity contribution in [1.29, 1.82) is 0 Å². The molecule has 1 aromatic carbocycles. The van der Waals surface area contributed by atoms with Gasteiger partial charge in [0.05, 0.1) is 18.3 Å². The van der Waals surface area contributed by atoms with Gasteiger partial charge in [0.1, 0.15) is 5.76 Å². The van der Waals surface area contributed by atoms with E-state index < -0.39 is 6.10 Å². The van der Waals surface area contributed by atoms with Crippen LogP contribution in [0.2, 0.25) is 0 Å². The summed E-state index contributed by atoms with van der Waals surface area (Å²) in [6.45, 7) is 4.11. The molecule has 1 aliphatic carbocycles. The molecule has 3 N–H and O–H groups in total. The maximum atomic E-state index is 12.1. The first-order valence-electron chi connectivity index (χ1n) is 8.84. The summed E-state index contributed by atoms with van der Waals surface area (Å²) in [5, 5.41) is 15.6. The van der Waals surface area contributed by atoms with E-state index in [9.17, 15) is 9.90 Å². The summed E-state index contributed by atoms with van der Waals surface area (Å²) in [5.74, 6) is 1.72. The summed E-state index contributed by atoms with van der Waals surface area (Å²) in [4.78, 5) is 16.4. The zero-order chi connectivity index (χ0) is 17.8. The van der Waals surface area contributed by atoms with Gasteiger partial charge in [-0.05, 0) is 37.1 Å². The van der Waals surface area contributed by atoms with E-state index in [1.165, 1.54) is 0 Å². The van der Waals surface area contributed by atoms with E-state index in [1.54, 1.807) is 6.20 Å². The van der Waals surface area contributed by atoms with Crippen LogP contribution < -0.4 is 10.6 Å². The molecule has 2 unspecified atom stereocenters. The minimum Gasteiger partial charge on any atom is -0.441 e. The van der Waals surface area contributed by atoms with Gasteiger partial charge in [0, 0.05) is 17.2 Å². The Bertz CT molecular complexity index is 709. The second-order valence-corrected chi connectivity index (χ2v) is 6.86. The zero-order valence-corrected chi connectivity index (χ0v) is 14.7. The van der Waals surface area contributed by atoms with Gasteiger partial charge in [-0.15, -0.1) is 0 Å². The normalized spacial score (nSPS) is 20.5. The summed E-state index contributed by atoms with van der Waals surface area (Å²) in [6, 6.07) is 6.88. The number of hydrogen-bond donors (Lipinski definition) is 3. The van der Waals surface area contributed by atoms with E-state index in [0.717, 1.165) is 37.0 Å². The summed E-state index contributed by atoms with van der Waals surface area (Å²) in [7, 11) is 0. The highest BCUT2D eigenvalue weighted by Gasteiger charge is 2.24. The molecule has 6 nitrogen and oxygen atoms in total. The number of oxazole rings is 1. The average molecular weight is 343 g/mol. The summed E-state index contributed by atoms with van der Waals surface area (Å²) >= 11 is 0. The molecule has 0 aliphatic heterocycles. The highest BCUT2D eigenvalue weighted by atomic mass is 16.4. The summed E-state index contributed by atoms with van der Waals surface area (Å²) in [5.41, 5.74) is 1.54. The minimum absolute atomic E-state index is 0.171. The molecule has 1 heterocycles. The van der Waals surface area contributed by atoms with Crippen LogP contribution in [0.15, 0.2) is 34.9 Å². The highest BCUT2D eigenvalue weighted by Crippen LogP contribution is 2.24. The Kier molecular flexibility index (Phi) is 5.38. The van der Waals surface area contributed by atoms with E-state index in [2.05, 4.69) is 29.5 Å². The van der Waals surface area contributed by atoms with Crippen LogP contribution in [0.1, 0.15) is 51.2 Å². The lowest BCUT2D eigenvalue weighted by Gasteiger charge is -2.28. The maximum absolute atomic E-state index is 12.1. The Hall–Kier alpha value is -2.34. The van der Waals surface area contributed by atoms with Crippen molar-refractivity contribution in [3.8, 4) is 11.5 Å². The Morgan fingerprint density at radius 2 is 1.96 bits per heavy atom. The monoisotopic (exact) mass is 343 g/mol. The number of rotatable bonds is 4. The van der Waals surface area contributed by atoms with Gasteiger partial charge in [-0.25, -0.2) is 9.78 Å². The van der Waals surface area contributed by atoms with Gasteiger partial charge < -0.3 is 20.2 Å². The van der Waals surface area contributed by atoms with E-state index >= 15 is 0 Å². The number of amides is 2. The van der Waals surface area contributed by atoms with Crippen molar-refractivity contribution >= 4 is 11.7 Å². The van der Waals surface area contributed by atoms with E-state index in [-0.39, 0.29) is 12.1 Å². The molecular formula is C19H25N3O3. The lowest BCUT2D eigenvalue weighted by atomic mass is 9.93. The van der Waals surface area contributed by atoms with E-state index in [1.807, 2.05) is 24.3 Å². The molecule has 1 saturated carbocycles. The van der Waals surface area contributed by atoms with Crippen molar-refractivity contribution in [1.82, 2.24) is 10.3 Å². The van der Waals surface area contributed by atoms with Crippen molar-refractivity contribution in [2.75, 3.05) is 5.32 Å². The van der Waals surface area contributed by atoms with Crippen LogP contribution in [0.4, 0.5) is 10.5 Å². The lowest BCUT2D eigenvalue weighted by Crippen LogP contribution is -2.46. The zero-order valence-electron chi connectivity index (χ0n) is 14.7. The Morgan fingerprint density at radius 1 is 1.24 bits per heavy atom. The molecule has 0 radical (unpaired) electrons. The van der Waals surface area contributed by atoms with Crippen molar-refractivity contribution < 1.29 is 14.3 Å². The molecule has 3 rings (SSSR count). The van der Waals surface area contributed by atoms with Crippen LogP contribution in [-0.2, 0) is 0 Å². The number of nitrogens with zero attached hydrogens (tertiary/aromatic N) is 1. The number of aliphatic hydroxyl groups is 1. The number of hydrogen-bond acceptors (Lipinski definition) is 4. The largest absolute Gasteiger partial charge is 0.441 e. The van der Waals surface area contributed by atoms with E-state index in [4.69, 9.17) is 4.42 Å². The van der Waals surface area contributed by atoms with Crippen LogP contribution in [0, 0.1) is 0 Å². The predicted octanol–water partition coefficient (Wildman–Crippen LogP) is 3.89. The van der Waals surface area contributed by atoms with Crippen LogP contribution >= 0.6 is 0 Å². The molecule has 0 bridgehead atoms. The fourth-order valence-electron chi connectivity index (χ4n) is 3.00. The molecule has 2 amide bonds. The average Bonchev–Trinajstić information content (AvgIpc) is 3.08. The summed E-state index contributed by atoms with van der Waals surface area (Å²) in [6.07, 6.45) is 4.90. The van der Waals surface area contributed by atoms with Gasteiger partial charge >= 0.3 is 6.03 Å². The van der Waals surface area contributed by atoms with Crippen LogP contribution in [0.3, 0.4) is 0 Å². The summed E-state index contributed by atoms with van der Waals surface area (Å²) < 4.78 is 5.73. The number of aliphatic hydroxyl groups excluding tert-OH is 1. The number of anilines is 1. The number of nitrogens with one attached hydrogen (secondary N) is 2. The molecule has 2 atom stereocenters. The second-order valence-electron chi connectivity index (χ2n) is 6.86. The topological polar surface area (TPSA) is 87.4 Å². The van der Waals surface area contributed by atoms with Crippen molar-refractivity contribution in [3.63, 3.8) is 0 Å². The van der Waals surface area contributed by atoms with Gasteiger partial charge in [-0.2, -0.15) is 0 Å². The maximum Gasteiger partial charge on any atom is 0.319 e. The first kappa shape index (κ1) is 17.5. The molecule has 6 heteroatoms. The third kappa shape index (κ3) is 4.39. The van der Waals surface area contributed by atoms with Crippen LogP contribution in [-0.4, -0.2) is 28.3 Å². The highest BCUT2D eigenvalue weighted by molar-refractivity contribution is 5.89.